The third-order valence-corrected chi connectivity index (χ3v) is 6.11. The van der Waals surface area contributed by atoms with Crippen LogP contribution in [0, 0.1) is 6.92 Å². The third kappa shape index (κ3) is 6.47. The van der Waals surface area contributed by atoms with Gasteiger partial charge in [-0.05, 0) is 55.5 Å². The summed E-state index contributed by atoms with van der Waals surface area (Å²) in [5, 5.41) is 3.72. The van der Waals surface area contributed by atoms with Crippen molar-refractivity contribution in [2.75, 3.05) is 6.61 Å². The summed E-state index contributed by atoms with van der Waals surface area (Å²) < 4.78 is 5.75. The van der Waals surface area contributed by atoms with Crippen molar-refractivity contribution in [1.82, 2.24) is 10.2 Å². The van der Waals surface area contributed by atoms with Crippen molar-refractivity contribution in [3.63, 3.8) is 0 Å². The van der Waals surface area contributed by atoms with Gasteiger partial charge in [0.2, 0.25) is 5.91 Å². The minimum Gasteiger partial charge on any atom is -0.484 e. The zero-order valence-corrected chi connectivity index (χ0v) is 19.0. The van der Waals surface area contributed by atoms with Crippen molar-refractivity contribution < 1.29 is 14.3 Å². The molecule has 0 saturated heterocycles. The van der Waals surface area contributed by atoms with Crippen molar-refractivity contribution >= 4 is 23.4 Å². The highest BCUT2D eigenvalue weighted by Crippen LogP contribution is 2.22. The first kappa shape index (κ1) is 23.1. The second-order valence-electron chi connectivity index (χ2n) is 8.13. The molecule has 3 rings (SSSR count). The lowest BCUT2D eigenvalue weighted by Crippen LogP contribution is -2.52. The molecule has 0 spiro atoms. The van der Waals surface area contributed by atoms with Gasteiger partial charge in [-0.3, -0.25) is 9.59 Å². The topological polar surface area (TPSA) is 58.6 Å². The third-order valence-electron chi connectivity index (χ3n) is 5.74. The van der Waals surface area contributed by atoms with E-state index in [1.807, 2.05) is 56.3 Å². The van der Waals surface area contributed by atoms with Gasteiger partial charge < -0.3 is 15.0 Å². The molecule has 31 heavy (non-hydrogen) atoms. The molecule has 2 aromatic carbocycles. The monoisotopic (exact) mass is 442 g/mol. The minimum absolute atomic E-state index is 0.106. The summed E-state index contributed by atoms with van der Waals surface area (Å²) in [6.45, 7) is 4.01. The van der Waals surface area contributed by atoms with Crippen LogP contribution in [0.25, 0.3) is 0 Å². The van der Waals surface area contributed by atoms with E-state index in [9.17, 15) is 9.59 Å². The predicted octanol–water partition coefficient (Wildman–Crippen LogP) is 4.89. The highest BCUT2D eigenvalue weighted by molar-refractivity contribution is 6.31. The van der Waals surface area contributed by atoms with Gasteiger partial charge in [-0.2, -0.15) is 0 Å². The smallest absolute Gasteiger partial charge is 0.261 e. The Bertz CT molecular complexity index is 896. The van der Waals surface area contributed by atoms with Gasteiger partial charge in [0.15, 0.2) is 6.61 Å². The van der Waals surface area contributed by atoms with Gasteiger partial charge in [-0.25, -0.2) is 0 Å². The van der Waals surface area contributed by atoms with Crippen molar-refractivity contribution in [2.45, 2.75) is 64.6 Å². The molecule has 1 aliphatic carbocycles. The Hall–Kier alpha value is -2.53. The minimum atomic E-state index is -0.578. The highest BCUT2D eigenvalue weighted by Gasteiger charge is 2.31. The van der Waals surface area contributed by atoms with Crippen molar-refractivity contribution in [1.29, 1.82) is 0 Å². The molecule has 0 radical (unpaired) electrons. The van der Waals surface area contributed by atoms with Crippen LogP contribution in [0.2, 0.25) is 5.02 Å². The number of ether oxygens (including phenoxy) is 1. The summed E-state index contributed by atoms with van der Waals surface area (Å²) in [6.07, 6.45) is 4.77. The fourth-order valence-corrected chi connectivity index (χ4v) is 4.23. The number of hydrogen-bond donors (Lipinski definition) is 1. The van der Waals surface area contributed by atoms with Gasteiger partial charge in [0.1, 0.15) is 11.8 Å². The Morgan fingerprint density at radius 3 is 2.58 bits per heavy atom. The van der Waals surface area contributed by atoms with Gasteiger partial charge in [-0.1, -0.05) is 61.7 Å². The molecule has 1 atom stereocenters. The quantitative estimate of drug-likeness (QED) is 0.601. The SMILES string of the molecule is CC[C@H](C(=O)NC1CCCC1)N(Cc1ccccc1Cl)C(=O)COc1cccc(C)c1. The number of nitrogens with zero attached hydrogens (tertiary/aromatic N) is 1. The second kappa shape index (κ2) is 11.2. The number of aryl methyl sites for hydroxylation is 1. The molecule has 1 aliphatic rings. The van der Waals surface area contributed by atoms with Crippen LogP contribution in [0.1, 0.15) is 50.2 Å². The summed E-state index contributed by atoms with van der Waals surface area (Å²) in [5.41, 5.74) is 1.86. The Morgan fingerprint density at radius 1 is 1.16 bits per heavy atom. The number of carbonyl (C=O) groups excluding carboxylic acids is 2. The molecule has 0 bridgehead atoms. The summed E-state index contributed by atoms with van der Waals surface area (Å²) in [7, 11) is 0. The molecule has 5 nitrogen and oxygen atoms in total. The van der Waals surface area contributed by atoms with E-state index in [1.54, 1.807) is 11.0 Å². The van der Waals surface area contributed by atoms with E-state index in [-0.39, 0.29) is 31.0 Å². The predicted molar refractivity (Wildman–Crippen MR) is 123 cm³/mol. The zero-order valence-electron chi connectivity index (χ0n) is 18.3. The average molecular weight is 443 g/mol. The van der Waals surface area contributed by atoms with Crippen LogP contribution in [0.3, 0.4) is 0 Å². The molecule has 2 aromatic rings. The molecule has 1 fully saturated rings. The van der Waals surface area contributed by atoms with Gasteiger partial charge in [-0.15, -0.1) is 0 Å². The van der Waals surface area contributed by atoms with Gasteiger partial charge in [0.05, 0.1) is 0 Å². The molecule has 0 unspecified atom stereocenters. The summed E-state index contributed by atoms with van der Waals surface area (Å²) in [4.78, 5) is 27.9. The number of rotatable bonds is 9. The number of hydrogen-bond acceptors (Lipinski definition) is 3. The number of carbonyl (C=O) groups is 2. The molecule has 0 aromatic heterocycles. The van der Waals surface area contributed by atoms with E-state index in [0.717, 1.165) is 36.8 Å². The van der Waals surface area contributed by atoms with Crippen molar-refractivity contribution in [3.05, 3.63) is 64.7 Å². The lowest BCUT2D eigenvalue weighted by atomic mass is 10.1. The number of nitrogens with one attached hydrogen (secondary N) is 1. The molecule has 1 N–H and O–H groups in total. The number of benzene rings is 2. The largest absolute Gasteiger partial charge is 0.484 e. The molecule has 1 saturated carbocycles. The Balaban J connectivity index is 1.77. The summed E-state index contributed by atoms with van der Waals surface area (Å²) >= 11 is 6.36. The lowest BCUT2D eigenvalue weighted by molar-refractivity contribution is -0.143. The maximum absolute atomic E-state index is 13.2. The second-order valence-corrected chi connectivity index (χ2v) is 8.54. The lowest BCUT2D eigenvalue weighted by Gasteiger charge is -2.31. The van der Waals surface area contributed by atoms with E-state index in [0.29, 0.717) is 17.2 Å². The molecule has 6 heteroatoms. The fraction of sp³-hybridized carbons (Fsp3) is 0.440. The van der Waals surface area contributed by atoms with Crippen LogP contribution in [0.4, 0.5) is 0 Å². The normalized spacial score (nSPS) is 14.8. The van der Waals surface area contributed by atoms with Gasteiger partial charge >= 0.3 is 0 Å². The average Bonchev–Trinajstić information content (AvgIpc) is 3.26. The van der Waals surface area contributed by atoms with E-state index in [2.05, 4.69) is 5.32 Å². The molecule has 2 amide bonds. The Morgan fingerprint density at radius 2 is 1.90 bits per heavy atom. The van der Waals surface area contributed by atoms with Crippen LogP contribution >= 0.6 is 11.6 Å². The molecular weight excluding hydrogens is 412 g/mol. The Kier molecular flexibility index (Phi) is 8.35. The standard InChI is InChI=1S/C25H31ClN2O3/c1-3-23(25(30)27-20-11-5-6-12-20)28(16-19-10-4-7-14-22(19)26)24(29)17-31-21-13-8-9-18(2)15-21/h4,7-10,13-15,20,23H,3,5-6,11-12,16-17H2,1-2H3,(H,27,30)/t23-/m1/s1. The molecule has 0 heterocycles. The van der Waals surface area contributed by atoms with Crippen LogP contribution in [-0.2, 0) is 16.1 Å². The maximum Gasteiger partial charge on any atom is 0.261 e. The summed E-state index contributed by atoms with van der Waals surface area (Å²) in [6, 6.07) is 14.6. The van der Waals surface area contributed by atoms with Gasteiger partial charge in [0.25, 0.3) is 5.91 Å². The zero-order chi connectivity index (χ0) is 22.2. The highest BCUT2D eigenvalue weighted by atomic mass is 35.5. The first-order chi connectivity index (χ1) is 15.0. The molecule has 0 aliphatic heterocycles. The number of amides is 2. The van der Waals surface area contributed by atoms with Crippen LogP contribution in [0.5, 0.6) is 5.75 Å². The van der Waals surface area contributed by atoms with E-state index < -0.39 is 6.04 Å². The summed E-state index contributed by atoms with van der Waals surface area (Å²) in [5.74, 6) is 0.287. The first-order valence-electron chi connectivity index (χ1n) is 11.0. The molecular formula is C25H31ClN2O3. The van der Waals surface area contributed by atoms with Crippen LogP contribution in [0.15, 0.2) is 48.5 Å². The van der Waals surface area contributed by atoms with Crippen LogP contribution in [-0.4, -0.2) is 35.4 Å². The maximum atomic E-state index is 13.2. The number of halogens is 1. The van der Waals surface area contributed by atoms with E-state index in [1.165, 1.54) is 0 Å². The Labute approximate surface area is 189 Å². The van der Waals surface area contributed by atoms with E-state index >= 15 is 0 Å². The van der Waals surface area contributed by atoms with Crippen molar-refractivity contribution in [2.24, 2.45) is 0 Å². The fourth-order valence-electron chi connectivity index (χ4n) is 4.03. The van der Waals surface area contributed by atoms with Crippen molar-refractivity contribution in [3.8, 4) is 5.75 Å². The van der Waals surface area contributed by atoms with E-state index in [4.69, 9.17) is 16.3 Å². The molecule has 166 valence electrons. The van der Waals surface area contributed by atoms with Gasteiger partial charge in [0, 0.05) is 17.6 Å². The first-order valence-corrected chi connectivity index (χ1v) is 11.4. The van der Waals surface area contributed by atoms with Crippen LogP contribution < -0.4 is 10.1 Å².